The van der Waals surface area contributed by atoms with Crippen molar-refractivity contribution in [2.24, 2.45) is 46.3 Å². The number of hydrogen-bond acceptors (Lipinski definition) is 2. The van der Waals surface area contributed by atoms with E-state index in [4.69, 9.17) is 0 Å². The number of Topliss-reactive ketones (excluding diaryl/α,β-unsaturated/α-hetero) is 1. The lowest BCUT2D eigenvalue weighted by Gasteiger charge is -2.57. The van der Waals surface area contributed by atoms with E-state index in [2.05, 4.69) is 40.7 Å². The number of rotatable bonds is 5. The van der Waals surface area contributed by atoms with Gasteiger partial charge in [0, 0.05) is 11.8 Å². The van der Waals surface area contributed by atoms with Gasteiger partial charge in [-0.1, -0.05) is 65.5 Å². The second kappa shape index (κ2) is 7.81. The number of aliphatic hydroxyl groups is 1. The average molecular weight is 401 g/mol. The fourth-order valence-electron chi connectivity index (χ4n) is 8.34. The molecule has 3 saturated carbocycles. The molecule has 8 atom stereocenters. The molecular weight excluding hydrogens is 356 g/mol. The molecule has 4 aliphatic rings. The Hall–Kier alpha value is -0.630. The highest BCUT2D eigenvalue weighted by atomic mass is 16.3. The molecule has 2 nitrogen and oxygen atoms in total. The van der Waals surface area contributed by atoms with Crippen molar-refractivity contribution in [2.45, 2.75) is 105 Å². The molecule has 2 heteroatoms. The summed E-state index contributed by atoms with van der Waals surface area (Å²) >= 11 is 0. The number of allylic oxidation sites excluding steroid dienone is 1. The molecule has 0 spiro atoms. The number of fused-ring (bicyclic) bond motifs is 5. The van der Waals surface area contributed by atoms with E-state index >= 15 is 0 Å². The van der Waals surface area contributed by atoms with Crippen molar-refractivity contribution in [3.05, 3.63) is 11.6 Å². The van der Waals surface area contributed by atoms with E-state index in [1.54, 1.807) is 0 Å². The van der Waals surface area contributed by atoms with Gasteiger partial charge in [-0.05, 0) is 79.4 Å². The van der Waals surface area contributed by atoms with Crippen LogP contribution in [0.25, 0.3) is 0 Å². The van der Waals surface area contributed by atoms with Crippen LogP contribution in [0.15, 0.2) is 11.6 Å². The van der Waals surface area contributed by atoms with Gasteiger partial charge in [-0.3, -0.25) is 4.79 Å². The predicted octanol–water partition coefficient (Wildman–Crippen LogP) is 6.57. The van der Waals surface area contributed by atoms with Crippen LogP contribution in [0, 0.1) is 46.3 Å². The molecule has 1 N–H and O–H groups in total. The first-order valence-corrected chi connectivity index (χ1v) is 12.6. The first-order chi connectivity index (χ1) is 13.7. The van der Waals surface area contributed by atoms with Crippen LogP contribution in [0.1, 0.15) is 98.8 Å². The summed E-state index contributed by atoms with van der Waals surface area (Å²) in [6.45, 7) is 11.8. The second-order valence-corrected chi connectivity index (χ2v) is 12.1. The zero-order valence-corrected chi connectivity index (χ0v) is 19.5. The zero-order valence-electron chi connectivity index (χ0n) is 19.5. The quantitative estimate of drug-likeness (QED) is 0.530. The number of carbonyl (C=O) groups is 1. The number of carbonyl (C=O) groups excluding carboxylic acids is 1. The standard InChI is InChI=1S/C27H44O2/c1-17(2)7-6-8-18(3)22-11-12-23-21-10-9-19-15-20(28)13-14-26(19,4)24(21)16-25(29)27(22,23)5/h9,17-18,20-24,28H,6-8,10-16H2,1-5H3/t18-,20?,21+,22-,23+,24+,26+,27-/m1/s1. The van der Waals surface area contributed by atoms with Gasteiger partial charge in [-0.25, -0.2) is 0 Å². The third-order valence-corrected chi connectivity index (χ3v) is 10.1. The Balaban J connectivity index is 1.55. The minimum atomic E-state index is -0.169. The highest BCUT2D eigenvalue weighted by Gasteiger charge is 2.62. The molecule has 0 radical (unpaired) electrons. The summed E-state index contributed by atoms with van der Waals surface area (Å²) in [5.74, 6) is 4.37. The van der Waals surface area contributed by atoms with Gasteiger partial charge in [-0.15, -0.1) is 0 Å². The van der Waals surface area contributed by atoms with Crippen LogP contribution in [-0.4, -0.2) is 17.0 Å². The molecule has 0 bridgehead atoms. The fourth-order valence-corrected chi connectivity index (χ4v) is 8.34. The Morgan fingerprint density at radius 3 is 2.55 bits per heavy atom. The summed E-state index contributed by atoms with van der Waals surface area (Å²) in [5.41, 5.74) is 1.53. The van der Waals surface area contributed by atoms with Gasteiger partial charge in [-0.2, -0.15) is 0 Å². The van der Waals surface area contributed by atoms with Crippen molar-refractivity contribution in [3.8, 4) is 0 Å². The van der Waals surface area contributed by atoms with Crippen molar-refractivity contribution in [1.82, 2.24) is 0 Å². The van der Waals surface area contributed by atoms with E-state index < -0.39 is 0 Å². The van der Waals surface area contributed by atoms with E-state index in [1.165, 1.54) is 37.7 Å². The van der Waals surface area contributed by atoms with Crippen molar-refractivity contribution in [1.29, 1.82) is 0 Å². The van der Waals surface area contributed by atoms with Crippen LogP contribution in [0.4, 0.5) is 0 Å². The van der Waals surface area contributed by atoms with Gasteiger partial charge in [0.2, 0.25) is 0 Å². The van der Waals surface area contributed by atoms with Crippen molar-refractivity contribution < 1.29 is 9.90 Å². The maximum Gasteiger partial charge on any atom is 0.139 e. The fraction of sp³-hybridized carbons (Fsp3) is 0.889. The predicted molar refractivity (Wildman–Crippen MR) is 119 cm³/mol. The van der Waals surface area contributed by atoms with E-state index in [1.807, 2.05) is 0 Å². The molecule has 0 aromatic heterocycles. The van der Waals surface area contributed by atoms with Gasteiger partial charge < -0.3 is 5.11 Å². The SMILES string of the molecule is CC(C)CCC[C@@H](C)[C@H]1CC[C@H]2[C@@H]3CC=C4CC(O)CC[C@]4(C)[C@H]3CC(=O)[C@]12C. The highest BCUT2D eigenvalue weighted by Crippen LogP contribution is 2.66. The van der Waals surface area contributed by atoms with Gasteiger partial charge in [0.05, 0.1) is 6.10 Å². The van der Waals surface area contributed by atoms with Crippen LogP contribution < -0.4 is 0 Å². The van der Waals surface area contributed by atoms with Crippen LogP contribution >= 0.6 is 0 Å². The Morgan fingerprint density at radius 2 is 1.83 bits per heavy atom. The van der Waals surface area contributed by atoms with Gasteiger partial charge in [0.15, 0.2) is 0 Å². The summed E-state index contributed by atoms with van der Waals surface area (Å²) in [4.78, 5) is 13.8. The Bertz CT molecular complexity index is 663. The minimum Gasteiger partial charge on any atom is -0.393 e. The molecule has 0 aliphatic heterocycles. The molecule has 0 aromatic rings. The minimum absolute atomic E-state index is 0.0890. The lowest BCUT2D eigenvalue weighted by atomic mass is 9.46. The molecule has 3 fully saturated rings. The summed E-state index contributed by atoms with van der Waals surface area (Å²) in [6, 6.07) is 0. The van der Waals surface area contributed by atoms with E-state index in [9.17, 15) is 9.90 Å². The Morgan fingerprint density at radius 1 is 1.07 bits per heavy atom. The highest BCUT2D eigenvalue weighted by molar-refractivity contribution is 5.87. The van der Waals surface area contributed by atoms with E-state index in [0.717, 1.165) is 38.0 Å². The monoisotopic (exact) mass is 400 g/mol. The molecule has 1 unspecified atom stereocenters. The zero-order chi connectivity index (χ0) is 21.0. The van der Waals surface area contributed by atoms with Crippen LogP contribution in [-0.2, 0) is 4.79 Å². The molecule has 0 saturated heterocycles. The van der Waals surface area contributed by atoms with Gasteiger partial charge in [0.1, 0.15) is 5.78 Å². The van der Waals surface area contributed by atoms with E-state index in [-0.39, 0.29) is 16.9 Å². The van der Waals surface area contributed by atoms with Crippen LogP contribution in [0.3, 0.4) is 0 Å². The molecule has 0 heterocycles. The third-order valence-electron chi connectivity index (χ3n) is 10.1. The summed E-state index contributed by atoms with van der Waals surface area (Å²) in [7, 11) is 0. The third kappa shape index (κ3) is 3.46. The van der Waals surface area contributed by atoms with Crippen LogP contribution in [0.2, 0.25) is 0 Å². The van der Waals surface area contributed by atoms with Crippen LogP contribution in [0.5, 0.6) is 0 Å². The second-order valence-electron chi connectivity index (χ2n) is 12.1. The Labute approximate surface area is 178 Å². The van der Waals surface area contributed by atoms with Gasteiger partial charge in [0.25, 0.3) is 0 Å². The number of ketones is 1. The topological polar surface area (TPSA) is 37.3 Å². The Kier molecular flexibility index (Phi) is 5.82. The normalized spacial score (nSPS) is 45.4. The average Bonchev–Trinajstić information content (AvgIpc) is 3.02. The lowest BCUT2D eigenvalue weighted by molar-refractivity contribution is -0.147. The smallest absolute Gasteiger partial charge is 0.139 e. The maximum atomic E-state index is 13.8. The first kappa shape index (κ1) is 21.6. The number of aliphatic hydroxyl groups excluding tert-OH is 1. The molecule has 0 amide bonds. The summed E-state index contributed by atoms with van der Waals surface area (Å²) in [6.07, 6.45) is 13.5. The maximum absolute atomic E-state index is 13.8. The molecule has 0 aromatic carbocycles. The van der Waals surface area contributed by atoms with Crippen molar-refractivity contribution in [2.75, 3.05) is 0 Å². The molecule has 4 aliphatic carbocycles. The number of hydrogen-bond donors (Lipinski definition) is 1. The molecule has 29 heavy (non-hydrogen) atoms. The molecular formula is C27H44O2. The lowest BCUT2D eigenvalue weighted by Crippen LogP contribution is -2.55. The molecule has 4 rings (SSSR count). The largest absolute Gasteiger partial charge is 0.393 e. The van der Waals surface area contributed by atoms with Crippen molar-refractivity contribution in [3.63, 3.8) is 0 Å². The first-order valence-electron chi connectivity index (χ1n) is 12.6. The summed E-state index contributed by atoms with van der Waals surface area (Å²) in [5, 5.41) is 10.2. The van der Waals surface area contributed by atoms with Gasteiger partial charge >= 0.3 is 0 Å². The van der Waals surface area contributed by atoms with Crippen molar-refractivity contribution >= 4 is 5.78 Å². The summed E-state index contributed by atoms with van der Waals surface area (Å²) < 4.78 is 0. The molecule has 164 valence electrons. The van der Waals surface area contributed by atoms with E-state index in [0.29, 0.717) is 35.4 Å².